The van der Waals surface area contributed by atoms with E-state index >= 15 is 0 Å². The zero-order valence-corrected chi connectivity index (χ0v) is 9.51. The Hall–Kier alpha value is -1.56. The molecule has 0 unspecified atom stereocenters. The molecule has 1 aromatic heterocycles. The highest BCUT2D eigenvalue weighted by atomic mass is 32.2. The van der Waals surface area contributed by atoms with Crippen LogP contribution in [-0.2, 0) is 5.75 Å². The Balaban J connectivity index is 2.10. The Kier molecular flexibility index (Phi) is 3.09. The maximum absolute atomic E-state index is 13.4. The monoisotopic (exact) mass is 238 g/mol. The van der Waals surface area contributed by atoms with E-state index in [0.29, 0.717) is 22.2 Å². The average molecular weight is 238 g/mol. The maximum atomic E-state index is 13.4. The van der Waals surface area contributed by atoms with Crippen LogP contribution in [0.25, 0.3) is 0 Å². The van der Waals surface area contributed by atoms with Gasteiger partial charge in [-0.3, -0.25) is 5.10 Å². The first kappa shape index (κ1) is 10.9. The Morgan fingerprint density at radius 1 is 1.50 bits per heavy atom. The van der Waals surface area contributed by atoms with Gasteiger partial charge >= 0.3 is 0 Å². The molecule has 0 radical (unpaired) electrons. The van der Waals surface area contributed by atoms with E-state index < -0.39 is 0 Å². The van der Waals surface area contributed by atoms with Crippen LogP contribution in [0.4, 0.5) is 10.1 Å². The van der Waals surface area contributed by atoms with E-state index in [1.807, 2.05) is 6.92 Å². The molecule has 0 saturated heterocycles. The number of anilines is 1. The van der Waals surface area contributed by atoms with Crippen LogP contribution in [0, 0.1) is 12.7 Å². The third-order valence-corrected chi connectivity index (χ3v) is 2.95. The van der Waals surface area contributed by atoms with Gasteiger partial charge in [0.1, 0.15) is 11.6 Å². The van der Waals surface area contributed by atoms with Gasteiger partial charge in [0.2, 0.25) is 5.16 Å². The molecule has 84 valence electrons. The molecule has 0 atom stereocenters. The van der Waals surface area contributed by atoms with Gasteiger partial charge in [-0.2, -0.15) is 0 Å². The summed E-state index contributed by atoms with van der Waals surface area (Å²) in [5.74, 6) is 0.874. The molecule has 0 fully saturated rings. The van der Waals surface area contributed by atoms with Gasteiger partial charge in [-0.1, -0.05) is 17.8 Å². The molecule has 4 nitrogen and oxygen atoms in total. The fraction of sp³-hybridized carbons (Fsp3) is 0.200. The number of H-pyrrole nitrogens is 1. The number of benzene rings is 1. The highest BCUT2D eigenvalue weighted by Crippen LogP contribution is 2.24. The summed E-state index contributed by atoms with van der Waals surface area (Å²) >= 11 is 1.35. The number of aromatic nitrogens is 3. The lowest BCUT2D eigenvalue weighted by Crippen LogP contribution is -1.96. The standard InChI is InChI=1S/C10H11FN4S/c1-6-13-10(15-14-6)16-5-7-8(11)3-2-4-9(7)12/h2-4H,5,12H2,1H3,(H,13,14,15). The van der Waals surface area contributed by atoms with Crippen molar-refractivity contribution in [3.63, 3.8) is 0 Å². The minimum atomic E-state index is -0.292. The zero-order chi connectivity index (χ0) is 11.5. The lowest BCUT2D eigenvalue weighted by molar-refractivity contribution is 0.618. The Morgan fingerprint density at radius 2 is 2.31 bits per heavy atom. The van der Waals surface area contributed by atoms with Crippen LogP contribution in [-0.4, -0.2) is 15.2 Å². The Morgan fingerprint density at radius 3 is 2.94 bits per heavy atom. The van der Waals surface area contributed by atoms with Crippen LogP contribution < -0.4 is 5.73 Å². The van der Waals surface area contributed by atoms with Crippen molar-refractivity contribution in [2.45, 2.75) is 17.8 Å². The highest BCUT2D eigenvalue weighted by molar-refractivity contribution is 7.98. The summed E-state index contributed by atoms with van der Waals surface area (Å²) in [6, 6.07) is 4.67. The Bertz CT molecular complexity index is 477. The quantitative estimate of drug-likeness (QED) is 0.635. The van der Waals surface area contributed by atoms with Crippen LogP contribution in [0.2, 0.25) is 0 Å². The molecule has 0 aliphatic carbocycles. The fourth-order valence-electron chi connectivity index (χ4n) is 1.25. The molecule has 6 heteroatoms. The number of nitrogen functional groups attached to an aromatic ring is 1. The number of aryl methyl sites for hydroxylation is 1. The molecule has 0 spiro atoms. The summed E-state index contributed by atoms with van der Waals surface area (Å²) in [5.41, 5.74) is 6.64. The van der Waals surface area contributed by atoms with E-state index in [4.69, 9.17) is 5.73 Å². The van der Waals surface area contributed by atoms with Gasteiger partial charge in [0.25, 0.3) is 0 Å². The normalized spacial score (nSPS) is 10.6. The topological polar surface area (TPSA) is 67.6 Å². The van der Waals surface area contributed by atoms with Crippen LogP contribution >= 0.6 is 11.8 Å². The van der Waals surface area contributed by atoms with Crippen molar-refractivity contribution in [1.29, 1.82) is 0 Å². The first-order chi connectivity index (χ1) is 7.66. The van der Waals surface area contributed by atoms with E-state index in [9.17, 15) is 4.39 Å². The lowest BCUT2D eigenvalue weighted by atomic mass is 10.2. The van der Waals surface area contributed by atoms with Gasteiger partial charge < -0.3 is 5.73 Å². The second-order valence-electron chi connectivity index (χ2n) is 3.30. The molecule has 0 amide bonds. The SMILES string of the molecule is Cc1nc(SCc2c(N)cccc2F)n[nH]1. The van der Waals surface area contributed by atoms with Crippen molar-refractivity contribution in [3.8, 4) is 0 Å². The predicted octanol–water partition coefficient (Wildman–Crippen LogP) is 2.13. The number of aromatic amines is 1. The summed E-state index contributed by atoms with van der Waals surface area (Å²) in [7, 11) is 0. The molecule has 0 aliphatic rings. The predicted molar refractivity (Wildman–Crippen MR) is 61.5 cm³/mol. The number of thioether (sulfide) groups is 1. The van der Waals surface area contributed by atoms with E-state index in [-0.39, 0.29) is 5.82 Å². The fourth-order valence-corrected chi connectivity index (χ4v) is 2.14. The highest BCUT2D eigenvalue weighted by Gasteiger charge is 2.08. The van der Waals surface area contributed by atoms with Crippen LogP contribution in [0.1, 0.15) is 11.4 Å². The summed E-state index contributed by atoms with van der Waals surface area (Å²) < 4.78 is 13.4. The van der Waals surface area contributed by atoms with Crippen molar-refractivity contribution in [2.24, 2.45) is 0 Å². The molecule has 1 heterocycles. The molecule has 16 heavy (non-hydrogen) atoms. The first-order valence-corrected chi connectivity index (χ1v) is 5.70. The summed E-state index contributed by atoms with van der Waals surface area (Å²) in [4.78, 5) is 4.12. The molecule has 2 aromatic rings. The van der Waals surface area contributed by atoms with Gasteiger partial charge in [0.05, 0.1) is 0 Å². The number of hydrogen-bond donors (Lipinski definition) is 2. The van der Waals surface area contributed by atoms with Gasteiger partial charge in [-0.25, -0.2) is 9.37 Å². The molecule has 1 aromatic carbocycles. The number of rotatable bonds is 3. The van der Waals surface area contributed by atoms with Crippen molar-refractivity contribution >= 4 is 17.4 Å². The smallest absolute Gasteiger partial charge is 0.208 e. The second kappa shape index (κ2) is 4.52. The summed E-state index contributed by atoms with van der Waals surface area (Å²) in [5, 5.41) is 7.28. The molecule has 3 N–H and O–H groups in total. The van der Waals surface area contributed by atoms with E-state index in [2.05, 4.69) is 15.2 Å². The van der Waals surface area contributed by atoms with E-state index in [0.717, 1.165) is 5.82 Å². The Labute approximate surface area is 96.5 Å². The van der Waals surface area contributed by atoms with Crippen molar-refractivity contribution < 1.29 is 4.39 Å². The van der Waals surface area contributed by atoms with Gasteiger partial charge in [-0.05, 0) is 19.1 Å². The molecule has 0 aliphatic heterocycles. The second-order valence-corrected chi connectivity index (χ2v) is 4.24. The summed E-state index contributed by atoms with van der Waals surface area (Å²) in [6.07, 6.45) is 0. The number of nitrogens with zero attached hydrogens (tertiary/aromatic N) is 2. The lowest BCUT2D eigenvalue weighted by Gasteiger charge is -2.04. The van der Waals surface area contributed by atoms with E-state index in [1.165, 1.54) is 17.8 Å². The van der Waals surface area contributed by atoms with Gasteiger partial charge in [0.15, 0.2) is 0 Å². The van der Waals surface area contributed by atoms with Crippen LogP contribution in [0.3, 0.4) is 0 Å². The van der Waals surface area contributed by atoms with Gasteiger partial charge in [-0.15, -0.1) is 5.10 Å². The number of nitrogens with two attached hydrogens (primary N) is 1. The first-order valence-electron chi connectivity index (χ1n) is 4.71. The largest absolute Gasteiger partial charge is 0.398 e. The molecular formula is C10H11FN4S. The van der Waals surface area contributed by atoms with Crippen molar-refractivity contribution in [3.05, 3.63) is 35.4 Å². The minimum absolute atomic E-state index is 0.292. The molecule has 2 rings (SSSR count). The minimum Gasteiger partial charge on any atom is -0.398 e. The summed E-state index contributed by atoms with van der Waals surface area (Å²) in [6.45, 7) is 1.81. The van der Waals surface area contributed by atoms with Gasteiger partial charge in [0, 0.05) is 17.0 Å². The number of halogens is 1. The number of nitrogens with one attached hydrogen (secondary N) is 1. The van der Waals surface area contributed by atoms with Crippen LogP contribution in [0.15, 0.2) is 23.4 Å². The molecule has 0 saturated carbocycles. The third kappa shape index (κ3) is 2.33. The zero-order valence-electron chi connectivity index (χ0n) is 8.70. The maximum Gasteiger partial charge on any atom is 0.208 e. The van der Waals surface area contributed by atoms with Crippen LogP contribution in [0.5, 0.6) is 0 Å². The van der Waals surface area contributed by atoms with Crippen molar-refractivity contribution in [2.75, 3.05) is 5.73 Å². The molecular weight excluding hydrogens is 227 g/mol. The third-order valence-electron chi connectivity index (χ3n) is 2.08. The van der Waals surface area contributed by atoms with E-state index in [1.54, 1.807) is 12.1 Å². The molecule has 0 bridgehead atoms. The van der Waals surface area contributed by atoms with Crippen molar-refractivity contribution in [1.82, 2.24) is 15.2 Å². The number of hydrogen-bond acceptors (Lipinski definition) is 4. The average Bonchev–Trinajstić information content (AvgIpc) is 2.63.